The van der Waals surface area contributed by atoms with E-state index in [9.17, 15) is 4.79 Å². The molecule has 8 nitrogen and oxygen atoms in total. The number of carbonyl (C=O) groups is 1. The Morgan fingerprint density at radius 2 is 2.06 bits per heavy atom. The van der Waals surface area contributed by atoms with E-state index in [1.165, 1.54) is 6.33 Å². The maximum Gasteiger partial charge on any atom is 0.238 e. The lowest BCUT2D eigenvalue weighted by molar-refractivity contribution is -0.117. The number of amides is 1. The maximum absolute atomic E-state index is 12.9. The fourth-order valence-corrected chi connectivity index (χ4v) is 4.96. The van der Waals surface area contributed by atoms with E-state index in [0.717, 1.165) is 47.4 Å². The Labute approximate surface area is 199 Å². The fourth-order valence-electron chi connectivity index (χ4n) is 4.96. The average Bonchev–Trinajstić information content (AvgIpc) is 3.14. The molecule has 3 heterocycles. The Bertz CT molecular complexity index is 1260. The lowest BCUT2D eigenvalue weighted by atomic mass is 9.93. The number of nitrogens with zero attached hydrogens (tertiary/aromatic N) is 4. The van der Waals surface area contributed by atoms with Gasteiger partial charge in [-0.25, -0.2) is 9.97 Å². The predicted octanol–water partition coefficient (Wildman–Crippen LogP) is 3.60. The van der Waals surface area contributed by atoms with E-state index < -0.39 is 0 Å². The molecule has 5 rings (SSSR count). The highest BCUT2D eigenvalue weighted by atomic mass is 16.5. The molecule has 2 aromatic carbocycles. The molecule has 2 fully saturated rings. The molecule has 8 heteroatoms. The number of likely N-dealkylation sites (N-methyl/N-ethyl adjacent to an activating group) is 1. The van der Waals surface area contributed by atoms with Crippen LogP contribution in [0.2, 0.25) is 0 Å². The SMILES string of the molecule is C=C(C)c1cccc(Nc2ncnc3cc(OC)c(NC(=O)CN4CC5CN(C)C5C4)cc23)c1. The van der Waals surface area contributed by atoms with Gasteiger partial charge in [-0.2, -0.15) is 0 Å². The zero-order valence-electron chi connectivity index (χ0n) is 19.8. The van der Waals surface area contributed by atoms with Crippen LogP contribution in [-0.2, 0) is 4.79 Å². The lowest BCUT2D eigenvalue weighted by Crippen LogP contribution is -2.52. The van der Waals surface area contributed by atoms with Crippen molar-refractivity contribution in [3.05, 3.63) is 54.9 Å². The third-order valence-electron chi connectivity index (χ3n) is 6.79. The van der Waals surface area contributed by atoms with E-state index in [0.29, 0.717) is 35.8 Å². The molecule has 176 valence electrons. The van der Waals surface area contributed by atoms with Crippen LogP contribution in [0.5, 0.6) is 5.75 Å². The van der Waals surface area contributed by atoms with Crippen molar-refractivity contribution in [2.75, 3.05) is 51.0 Å². The summed E-state index contributed by atoms with van der Waals surface area (Å²) < 4.78 is 5.56. The maximum atomic E-state index is 12.9. The van der Waals surface area contributed by atoms with Gasteiger partial charge in [-0.05, 0) is 37.7 Å². The number of likely N-dealkylation sites (tertiary alicyclic amines) is 2. The molecule has 1 aromatic heterocycles. The van der Waals surface area contributed by atoms with Crippen molar-refractivity contribution in [3.63, 3.8) is 0 Å². The number of hydrogen-bond acceptors (Lipinski definition) is 7. The summed E-state index contributed by atoms with van der Waals surface area (Å²) in [5.41, 5.74) is 4.27. The standard InChI is InChI=1S/C26H30N6O2/c1-16(2)17-6-5-7-19(8-17)29-26-20-9-22(24(34-4)10-21(20)27-15-28-26)30-25(33)14-32-12-18-11-31(3)23(18)13-32/h5-10,15,18,23H,1,11-14H2,2-4H3,(H,30,33)(H,27,28,29). The van der Waals surface area contributed by atoms with Gasteiger partial charge in [0.1, 0.15) is 17.9 Å². The van der Waals surface area contributed by atoms with Gasteiger partial charge in [-0.15, -0.1) is 0 Å². The van der Waals surface area contributed by atoms with Gasteiger partial charge in [0, 0.05) is 48.7 Å². The molecule has 0 saturated carbocycles. The molecule has 0 aliphatic carbocycles. The molecule has 34 heavy (non-hydrogen) atoms. The van der Waals surface area contributed by atoms with E-state index in [2.05, 4.69) is 44.0 Å². The molecular weight excluding hydrogens is 428 g/mol. The number of anilines is 3. The molecule has 3 aromatic rings. The number of aromatic nitrogens is 2. The van der Waals surface area contributed by atoms with Crippen LogP contribution in [-0.4, -0.2) is 72.1 Å². The predicted molar refractivity (Wildman–Crippen MR) is 136 cm³/mol. The number of rotatable bonds is 7. The number of ether oxygens (including phenoxy) is 1. The second-order valence-electron chi connectivity index (χ2n) is 9.29. The summed E-state index contributed by atoms with van der Waals surface area (Å²) in [6, 6.07) is 12.3. The molecule has 0 bridgehead atoms. The quantitative estimate of drug-likeness (QED) is 0.560. The first-order chi connectivity index (χ1) is 16.4. The van der Waals surface area contributed by atoms with Crippen LogP contribution in [0, 0.1) is 5.92 Å². The number of benzene rings is 2. The molecule has 0 radical (unpaired) electrons. The summed E-state index contributed by atoms with van der Waals surface area (Å²) in [4.78, 5) is 26.3. The number of methoxy groups -OCH3 is 1. The smallest absolute Gasteiger partial charge is 0.238 e. The van der Waals surface area contributed by atoms with Gasteiger partial charge in [0.25, 0.3) is 0 Å². The van der Waals surface area contributed by atoms with Crippen LogP contribution in [0.1, 0.15) is 12.5 Å². The number of carbonyl (C=O) groups excluding carboxylic acids is 1. The van der Waals surface area contributed by atoms with Crippen LogP contribution in [0.15, 0.2) is 49.3 Å². The van der Waals surface area contributed by atoms with Crippen molar-refractivity contribution in [1.29, 1.82) is 0 Å². The number of hydrogen-bond donors (Lipinski definition) is 2. The zero-order chi connectivity index (χ0) is 23.8. The van der Waals surface area contributed by atoms with Crippen LogP contribution in [0.25, 0.3) is 16.5 Å². The Morgan fingerprint density at radius 3 is 2.79 bits per heavy atom. The van der Waals surface area contributed by atoms with E-state index in [4.69, 9.17) is 4.74 Å². The van der Waals surface area contributed by atoms with E-state index in [1.807, 2.05) is 43.3 Å². The summed E-state index contributed by atoms with van der Waals surface area (Å²) >= 11 is 0. The molecule has 2 N–H and O–H groups in total. The molecule has 2 aliphatic heterocycles. The minimum Gasteiger partial charge on any atom is -0.494 e. The van der Waals surface area contributed by atoms with Gasteiger partial charge in [-0.1, -0.05) is 24.3 Å². The van der Waals surface area contributed by atoms with Crippen LogP contribution in [0.3, 0.4) is 0 Å². The van der Waals surface area contributed by atoms with Crippen molar-refractivity contribution < 1.29 is 9.53 Å². The Kier molecular flexibility index (Phi) is 5.93. The van der Waals surface area contributed by atoms with Crippen LogP contribution >= 0.6 is 0 Å². The Balaban J connectivity index is 1.38. The number of nitrogens with one attached hydrogen (secondary N) is 2. The molecule has 2 atom stereocenters. The minimum absolute atomic E-state index is 0.0536. The van der Waals surface area contributed by atoms with Gasteiger partial charge in [0.2, 0.25) is 5.91 Å². The second-order valence-corrected chi connectivity index (χ2v) is 9.29. The van der Waals surface area contributed by atoms with Gasteiger partial charge < -0.3 is 20.3 Å². The highest BCUT2D eigenvalue weighted by molar-refractivity contribution is 6.00. The summed E-state index contributed by atoms with van der Waals surface area (Å²) in [5, 5.41) is 7.22. The van der Waals surface area contributed by atoms with Crippen molar-refractivity contribution >= 4 is 39.6 Å². The van der Waals surface area contributed by atoms with Crippen molar-refractivity contribution in [2.45, 2.75) is 13.0 Å². The molecular formula is C26H30N6O2. The van der Waals surface area contributed by atoms with Crippen molar-refractivity contribution in [3.8, 4) is 5.75 Å². The summed E-state index contributed by atoms with van der Waals surface area (Å²) in [6.45, 7) is 9.40. The largest absolute Gasteiger partial charge is 0.494 e. The first-order valence-corrected chi connectivity index (χ1v) is 11.5. The van der Waals surface area contributed by atoms with E-state index in [1.54, 1.807) is 7.11 Å². The summed E-state index contributed by atoms with van der Waals surface area (Å²) in [5.74, 6) is 1.85. The third-order valence-corrected chi connectivity index (χ3v) is 6.79. The highest BCUT2D eigenvalue weighted by Crippen LogP contribution is 2.34. The van der Waals surface area contributed by atoms with Gasteiger partial charge in [0.05, 0.1) is 24.9 Å². The number of fused-ring (bicyclic) bond motifs is 2. The molecule has 2 unspecified atom stereocenters. The molecule has 2 saturated heterocycles. The first kappa shape index (κ1) is 22.3. The lowest BCUT2D eigenvalue weighted by Gasteiger charge is -2.40. The topological polar surface area (TPSA) is 82.6 Å². The average molecular weight is 459 g/mol. The van der Waals surface area contributed by atoms with Crippen molar-refractivity contribution in [1.82, 2.24) is 19.8 Å². The Hall–Kier alpha value is -3.49. The van der Waals surface area contributed by atoms with Crippen molar-refractivity contribution in [2.24, 2.45) is 5.92 Å². The monoisotopic (exact) mass is 458 g/mol. The molecule has 1 amide bonds. The van der Waals surface area contributed by atoms with Crippen LogP contribution in [0.4, 0.5) is 17.2 Å². The van der Waals surface area contributed by atoms with Gasteiger partial charge >= 0.3 is 0 Å². The van der Waals surface area contributed by atoms with Gasteiger partial charge in [0.15, 0.2) is 0 Å². The highest BCUT2D eigenvalue weighted by Gasteiger charge is 2.43. The third kappa shape index (κ3) is 4.34. The number of allylic oxidation sites excluding steroid dienone is 1. The zero-order valence-corrected chi connectivity index (χ0v) is 19.8. The fraction of sp³-hybridized carbons (Fsp3) is 0.346. The first-order valence-electron chi connectivity index (χ1n) is 11.5. The summed E-state index contributed by atoms with van der Waals surface area (Å²) in [7, 11) is 3.74. The van der Waals surface area contributed by atoms with Crippen LogP contribution < -0.4 is 15.4 Å². The van der Waals surface area contributed by atoms with E-state index in [-0.39, 0.29) is 5.91 Å². The van der Waals surface area contributed by atoms with Gasteiger partial charge in [-0.3, -0.25) is 9.69 Å². The normalized spacial score (nSPS) is 20.0. The molecule has 2 aliphatic rings. The molecule has 0 spiro atoms. The Morgan fingerprint density at radius 1 is 1.21 bits per heavy atom. The second kappa shape index (κ2) is 9.04. The summed E-state index contributed by atoms with van der Waals surface area (Å²) in [6.07, 6.45) is 1.52. The minimum atomic E-state index is -0.0536. The van der Waals surface area contributed by atoms with E-state index >= 15 is 0 Å².